The van der Waals surface area contributed by atoms with Crippen molar-refractivity contribution in [3.05, 3.63) is 0 Å². The van der Waals surface area contributed by atoms with Crippen LogP contribution in [0, 0.1) is 0 Å². The third kappa shape index (κ3) is 3.74. The van der Waals surface area contributed by atoms with E-state index >= 15 is 0 Å². The number of halogens is 1. The molecule has 0 saturated carbocycles. The third-order valence-electron chi connectivity index (χ3n) is 2.59. The zero-order chi connectivity index (χ0) is 8.16. The van der Waals surface area contributed by atoms with Crippen molar-refractivity contribution in [2.24, 2.45) is 0 Å². The van der Waals surface area contributed by atoms with Crippen LogP contribution in [0.2, 0.25) is 0 Å². The Hall–Kier alpha value is 0.210. The second-order valence-corrected chi connectivity index (χ2v) is 3.77. The Morgan fingerprint density at radius 3 is 2.67 bits per heavy atom. The largest absolute Gasteiger partial charge is 0.396 e. The number of hydrogen-bond donors (Lipinski definition) is 2. The monoisotopic (exact) mass is 193 g/mol. The van der Waals surface area contributed by atoms with Crippen LogP contribution >= 0.6 is 12.4 Å². The van der Waals surface area contributed by atoms with E-state index in [-0.39, 0.29) is 12.4 Å². The van der Waals surface area contributed by atoms with Crippen molar-refractivity contribution in [2.75, 3.05) is 13.2 Å². The zero-order valence-corrected chi connectivity index (χ0v) is 8.62. The molecule has 1 aliphatic rings. The summed E-state index contributed by atoms with van der Waals surface area (Å²) in [5.41, 5.74) is 0.384. The van der Waals surface area contributed by atoms with E-state index in [9.17, 15) is 0 Å². The molecule has 2 nitrogen and oxygen atoms in total. The molecule has 1 atom stereocenters. The van der Waals surface area contributed by atoms with Gasteiger partial charge in [-0.15, -0.1) is 12.4 Å². The minimum atomic E-state index is 0. The van der Waals surface area contributed by atoms with Crippen molar-refractivity contribution in [2.45, 2.75) is 44.6 Å². The summed E-state index contributed by atoms with van der Waals surface area (Å²) in [4.78, 5) is 0. The van der Waals surface area contributed by atoms with Crippen molar-refractivity contribution in [1.82, 2.24) is 5.32 Å². The van der Waals surface area contributed by atoms with Crippen molar-refractivity contribution in [1.29, 1.82) is 0 Å². The van der Waals surface area contributed by atoms with E-state index in [4.69, 9.17) is 5.11 Å². The van der Waals surface area contributed by atoms with Crippen molar-refractivity contribution in [3.8, 4) is 0 Å². The molecular formula is C9H20ClNO. The topological polar surface area (TPSA) is 32.3 Å². The van der Waals surface area contributed by atoms with E-state index < -0.39 is 0 Å². The molecule has 0 spiro atoms. The minimum Gasteiger partial charge on any atom is -0.396 e. The van der Waals surface area contributed by atoms with E-state index in [1.54, 1.807) is 0 Å². The van der Waals surface area contributed by atoms with E-state index in [0.29, 0.717) is 12.1 Å². The Morgan fingerprint density at radius 1 is 1.42 bits per heavy atom. The highest BCUT2D eigenvalue weighted by Crippen LogP contribution is 2.23. The molecule has 1 unspecified atom stereocenters. The van der Waals surface area contributed by atoms with Gasteiger partial charge in [0.15, 0.2) is 0 Å². The fraction of sp³-hybridized carbons (Fsp3) is 1.00. The molecule has 0 amide bonds. The second kappa shape index (κ2) is 5.79. The minimum absolute atomic E-state index is 0. The van der Waals surface area contributed by atoms with E-state index in [1.165, 1.54) is 25.8 Å². The molecule has 2 N–H and O–H groups in total. The maximum atomic E-state index is 8.60. The van der Waals surface area contributed by atoms with E-state index in [2.05, 4.69) is 12.2 Å². The van der Waals surface area contributed by atoms with Crippen LogP contribution in [0.25, 0.3) is 0 Å². The predicted octanol–water partition coefficient (Wildman–Crippen LogP) is 1.71. The Kier molecular flexibility index (Phi) is 5.89. The molecule has 0 aliphatic carbocycles. The van der Waals surface area contributed by atoms with E-state index in [1.807, 2.05) is 0 Å². The molecular weight excluding hydrogens is 174 g/mol. The number of rotatable bonds is 4. The van der Waals surface area contributed by atoms with Crippen LogP contribution in [0.4, 0.5) is 0 Å². The number of nitrogens with one attached hydrogen (secondary N) is 1. The Balaban J connectivity index is 0.00000121. The summed E-state index contributed by atoms with van der Waals surface area (Å²) < 4.78 is 0. The summed E-state index contributed by atoms with van der Waals surface area (Å²) >= 11 is 0. The van der Waals surface area contributed by atoms with Crippen LogP contribution in [-0.2, 0) is 0 Å². The smallest absolute Gasteiger partial charge is 0.0431 e. The predicted molar refractivity (Wildman–Crippen MR) is 53.8 cm³/mol. The molecule has 12 heavy (non-hydrogen) atoms. The normalized spacial score (nSPS) is 28.5. The summed E-state index contributed by atoms with van der Waals surface area (Å²) in [6.45, 7) is 3.81. The van der Waals surface area contributed by atoms with Crippen molar-refractivity contribution >= 4 is 12.4 Å². The standard InChI is InChI=1S/C9H19NO.ClH/c1-9(5-2-3-8-11)6-4-7-10-9;/h10-11H,2-8H2,1H3;1H. The first-order valence-corrected chi connectivity index (χ1v) is 4.63. The van der Waals surface area contributed by atoms with Gasteiger partial charge in [0.05, 0.1) is 0 Å². The van der Waals surface area contributed by atoms with Gasteiger partial charge >= 0.3 is 0 Å². The molecule has 0 radical (unpaired) electrons. The lowest BCUT2D eigenvalue weighted by atomic mass is 9.93. The van der Waals surface area contributed by atoms with Crippen LogP contribution in [0.5, 0.6) is 0 Å². The van der Waals surface area contributed by atoms with Crippen molar-refractivity contribution < 1.29 is 5.11 Å². The molecule has 1 aliphatic heterocycles. The lowest BCUT2D eigenvalue weighted by Gasteiger charge is -2.23. The highest BCUT2D eigenvalue weighted by Gasteiger charge is 2.26. The highest BCUT2D eigenvalue weighted by molar-refractivity contribution is 5.85. The van der Waals surface area contributed by atoms with Gasteiger partial charge in [0.1, 0.15) is 0 Å². The Morgan fingerprint density at radius 2 is 2.17 bits per heavy atom. The molecule has 1 rings (SSSR count). The highest BCUT2D eigenvalue weighted by atomic mass is 35.5. The van der Waals surface area contributed by atoms with E-state index in [0.717, 1.165) is 12.8 Å². The summed E-state index contributed by atoms with van der Waals surface area (Å²) in [5.74, 6) is 0. The van der Waals surface area contributed by atoms with Gasteiger partial charge in [0.2, 0.25) is 0 Å². The molecule has 0 bridgehead atoms. The first-order valence-electron chi connectivity index (χ1n) is 4.63. The van der Waals surface area contributed by atoms with Crippen LogP contribution in [0.1, 0.15) is 39.0 Å². The SMILES string of the molecule is CC1(CCCCO)CCCN1.Cl. The van der Waals surface area contributed by atoms with Crippen LogP contribution in [0.3, 0.4) is 0 Å². The average Bonchev–Trinajstić information content (AvgIpc) is 2.38. The number of aliphatic hydroxyl groups is 1. The van der Waals surface area contributed by atoms with Crippen LogP contribution in [-0.4, -0.2) is 23.8 Å². The van der Waals surface area contributed by atoms with Gasteiger partial charge in [-0.05, 0) is 45.6 Å². The quantitative estimate of drug-likeness (QED) is 0.667. The molecule has 0 aromatic rings. The first-order chi connectivity index (χ1) is 5.27. The lowest BCUT2D eigenvalue weighted by molar-refractivity contribution is 0.270. The van der Waals surface area contributed by atoms with Gasteiger partial charge in [-0.25, -0.2) is 0 Å². The fourth-order valence-electron chi connectivity index (χ4n) is 1.80. The molecule has 1 heterocycles. The molecule has 74 valence electrons. The molecule has 3 heteroatoms. The van der Waals surface area contributed by atoms with Gasteiger partial charge in [0.25, 0.3) is 0 Å². The third-order valence-corrected chi connectivity index (χ3v) is 2.59. The number of aliphatic hydroxyl groups excluding tert-OH is 1. The Bertz CT molecular complexity index is 113. The summed E-state index contributed by atoms with van der Waals surface area (Å²) in [7, 11) is 0. The molecule has 1 saturated heterocycles. The Labute approximate surface area is 81.2 Å². The summed E-state index contributed by atoms with van der Waals surface area (Å²) in [6, 6.07) is 0. The first kappa shape index (κ1) is 12.2. The number of hydrogen-bond acceptors (Lipinski definition) is 2. The molecule has 0 aromatic carbocycles. The van der Waals surface area contributed by atoms with Gasteiger partial charge in [-0.1, -0.05) is 0 Å². The van der Waals surface area contributed by atoms with Crippen molar-refractivity contribution in [3.63, 3.8) is 0 Å². The molecule has 0 aromatic heterocycles. The van der Waals surface area contributed by atoms with Gasteiger partial charge < -0.3 is 10.4 Å². The second-order valence-electron chi connectivity index (χ2n) is 3.77. The molecule has 1 fully saturated rings. The maximum absolute atomic E-state index is 8.60. The summed E-state index contributed by atoms with van der Waals surface area (Å²) in [6.07, 6.45) is 5.94. The zero-order valence-electron chi connectivity index (χ0n) is 7.81. The summed E-state index contributed by atoms with van der Waals surface area (Å²) in [5, 5.41) is 12.1. The van der Waals surface area contributed by atoms with Gasteiger partial charge in [-0.3, -0.25) is 0 Å². The average molecular weight is 194 g/mol. The van der Waals surface area contributed by atoms with Crippen LogP contribution < -0.4 is 5.32 Å². The van der Waals surface area contributed by atoms with Gasteiger partial charge in [-0.2, -0.15) is 0 Å². The fourth-order valence-corrected chi connectivity index (χ4v) is 1.80. The number of unbranched alkanes of at least 4 members (excludes halogenated alkanes) is 1. The van der Waals surface area contributed by atoms with Crippen LogP contribution in [0.15, 0.2) is 0 Å². The lowest BCUT2D eigenvalue weighted by Crippen LogP contribution is -2.35. The maximum Gasteiger partial charge on any atom is 0.0431 e. The van der Waals surface area contributed by atoms with Gasteiger partial charge in [0, 0.05) is 12.1 Å².